The summed E-state index contributed by atoms with van der Waals surface area (Å²) < 4.78 is 42.6. The number of hydrogen-bond donors (Lipinski definition) is 1. The minimum atomic E-state index is -4.19. The highest BCUT2D eigenvalue weighted by Gasteiger charge is 2.35. The van der Waals surface area contributed by atoms with Crippen LogP contribution in [0.4, 0.5) is 10.1 Å². The molecule has 1 fully saturated rings. The van der Waals surface area contributed by atoms with E-state index in [1.165, 1.54) is 31.1 Å². The third kappa shape index (κ3) is 8.72. The zero-order chi connectivity index (χ0) is 31.9. The van der Waals surface area contributed by atoms with Gasteiger partial charge in [-0.15, -0.1) is 0 Å². The Bertz CT molecular complexity index is 1540. The molecule has 1 atom stereocenters. The van der Waals surface area contributed by atoms with Crippen LogP contribution in [-0.2, 0) is 32.8 Å². The smallest absolute Gasteiger partial charge is 0.304 e. The fourth-order valence-electron chi connectivity index (χ4n) is 5.26. The molecule has 1 saturated carbocycles. The quantitative estimate of drug-likeness (QED) is 0.264. The maximum atomic E-state index is 14.3. The van der Waals surface area contributed by atoms with Crippen LogP contribution in [0.2, 0.25) is 10.0 Å². The molecule has 1 unspecified atom stereocenters. The molecule has 0 bridgehead atoms. The molecule has 0 radical (unpaired) electrons. The van der Waals surface area contributed by atoms with Crippen LogP contribution >= 0.6 is 23.2 Å². The molecule has 0 heterocycles. The Hall–Kier alpha value is -3.18. The van der Waals surface area contributed by atoms with Gasteiger partial charge in [0, 0.05) is 33.1 Å². The predicted molar refractivity (Wildman–Crippen MR) is 172 cm³/mol. The van der Waals surface area contributed by atoms with Crippen molar-refractivity contribution in [1.29, 1.82) is 0 Å². The number of benzene rings is 3. The molecule has 3 aromatic carbocycles. The van der Waals surface area contributed by atoms with Crippen molar-refractivity contribution in [2.75, 3.05) is 24.9 Å². The molecular formula is C32H37Cl2FN4O4S. The maximum Gasteiger partial charge on any atom is 0.304 e. The Morgan fingerprint density at radius 2 is 1.57 bits per heavy atom. The Labute approximate surface area is 268 Å². The topological polar surface area (TPSA) is 90.0 Å². The SMILES string of the molecule is CN(C)S(=O)(=O)N(CC(=O)N(Cc1ccc(Cl)c(Cl)c1)C(Cc1ccccc1)C(=O)NC1CCCCC1)c1ccc(F)cc1. The van der Waals surface area contributed by atoms with Gasteiger partial charge in [0.05, 0.1) is 15.7 Å². The number of hydrogen-bond acceptors (Lipinski definition) is 4. The van der Waals surface area contributed by atoms with E-state index in [2.05, 4.69) is 5.32 Å². The summed E-state index contributed by atoms with van der Waals surface area (Å²) in [7, 11) is -1.49. The fraction of sp³-hybridized carbons (Fsp3) is 0.375. The zero-order valence-corrected chi connectivity index (χ0v) is 27.1. The number of nitrogens with zero attached hydrogens (tertiary/aromatic N) is 3. The molecule has 0 saturated heterocycles. The number of carbonyl (C=O) groups excluding carboxylic acids is 2. The van der Waals surface area contributed by atoms with Gasteiger partial charge in [0.15, 0.2) is 0 Å². The standard InChI is InChI=1S/C32H37Cl2FN4O4S/c1-37(2)44(42,43)39(27-16-14-25(35)15-17-27)22-31(40)38(21-24-13-18-28(33)29(34)19-24)30(20-23-9-5-3-6-10-23)32(41)36-26-11-7-4-8-12-26/h3,5-6,9-10,13-19,26,30H,4,7-8,11-12,20-22H2,1-2H3,(H,36,41). The van der Waals surface area contributed by atoms with Crippen molar-refractivity contribution in [2.45, 2.75) is 57.2 Å². The van der Waals surface area contributed by atoms with Crippen LogP contribution in [0.5, 0.6) is 0 Å². The average Bonchev–Trinajstić information content (AvgIpc) is 3.00. The van der Waals surface area contributed by atoms with Gasteiger partial charge in [-0.2, -0.15) is 12.7 Å². The molecule has 1 N–H and O–H groups in total. The fourth-order valence-corrected chi connectivity index (χ4v) is 6.63. The predicted octanol–water partition coefficient (Wildman–Crippen LogP) is 5.83. The summed E-state index contributed by atoms with van der Waals surface area (Å²) in [6.45, 7) is -0.667. The van der Waals surface area contributed by atoms with Crippen molar-refractivity contribution in [2.24, 2.45) is 0 Å². The molecule has 3 aromatic rings. The molecule has 2 amide bonds. The number of rotatable bonds is 12. The molecule has 1 aliphatic rings. The van der Waals surface area contributed by atoms with Crippen molar-refractivity contribution >= 4 is 50.9 Å². The molecule has 8 nitrogen and oxygen atoms in total. The Morgan fingerprint density at radius 1 is 0.909 bits per heavy atom. The first-order chi connectivity index (χ1) is 21.0. The van der Waals surface area contributed by atoms with Crippen molar-refractivity contribution in [1.82, 2.24) is 14.5 Å². The highest BCUT2D eigenvalue weighted by atomic mass is 35.5. The van der Waals surface area contributed by atoms with Gasteiger partial charge in [0.1, 0.15) is 18.4 Å². The largest absolute Gasteiger partial charge is 0.352 e. The van der Waals surface area contributed by atoms with Gasteiger partial charge in [-0.1, -0.05) is 78.9 Å². The van der Waals surface area contributed by atoms with Crippen LogP contribution in [0.3, 0.4) is 0 Å². The Morgan fingerprint density at radius 3 is 2.18 bits per heavy atom. The highest BCUT2D eigenvalue weighted by Crippen LogP contribution is 2.26. The van der Waals surface area contributed by atoms with Gasteiger partial charge < -0.3 is 10.2 Å². The van der Waals surface area contributed by atoms with Gasteiger partial charge in [-0.25, -0.2) is 8.70 Å². The van der Waals surface area contributed by atoms with E-state index in [1.807, 2.05) is 30.3 Å². The van der Waals surface area contributed by atoms with Crippen LogP contribution in [0.1, 0.15) is 43.2 Å². The van der Waals surface area contributed by atoms with Crippen molar-refractivity contribution in [3.8, 4) is 0 Å². The summed E-state index contributed by atoms with van der Waals surface area (Å²) >= 11 is 12.5. The summed E-state index contributed by atoms with van der Waals surface area (Å²) in [6, 6.07) is 18.1. The van der Waals surface area contributed by atoms with E-state index in [1.54, 1.807) is 18.2 Å². The summed E-state index contributed by atoms with van der Waals surface area (Å²) in [6.07, 6.45) is 5.03. The van der Waals surface area contributed by atoms with E-state index in [0.29, 0.717) is 10.6 Å². The number of anilines is 1. The van der Waals surface area contributed by atoms with Crippen LogP contribution < -0.4 is 9.62 Å². The molecule has 4 rings (SSSR count). The van der Waals surface area contributed by atoms with Gasteiger partial charge in [-0.05, 0) is 60.4 Å². The number of amides is 2. The second-order valence-electron chi connectivity index (χ2n) is 11.1. The lowest BCUT2D eigenvalue weighted by atomic mass is 9.94. The summed E-state index contributed by atoms with van der Waals surface area (Å²) in [5.74, 6) is -1.49. The van der Waals surface area contributed by atoms with E-state index < -0.39 is 34.5 Å². The molecule has 1 aliphatic carbocycles. The van der Waals surface area contributed by atoms with E-state index in [0.717, 1.165) is 58.4 Å². The average molecular weight is 664 g/mol. The normalized spacial score (nSPS) is 14.7. The first-order valence-electron chi connectivity index (χ1n) is 14.5. The Balaban J connectivity index is 1.76. The van der Waals surface area contributed by atoms with Crippen LogP contribution in [-0.4, -0.2) is 62.2 Å². The molecular weight excluding hydrogens is 626 g/mol. The van der Waals surface area contributed by atoms with Gasteiger partial charge in [-0.3, -0.25) is 9.59 Å². The minimum Gasteiger partial charge on any atom is -0.352 e. The lowest BCUT2D eigenvalue weighted by Gasteiger charge is -2.35. The monoisotopic (exact) mass is 662 g/mol. The first-order valence-corrected chi connectivity index (χ1v) is 16.6. The van der Waals surface area contributed by atoms with E-state index >= 15 is 0 Å². The number of halogens is 3. The van der Waals surface area contributed by atoms with Gasteiger partial charge in [0.2, 0.25) is 11.8 Å². The number of carbonyl (C=O) groups is 2. The van der Waals surface area contributed by atoms with Crippen LogP contribution in [0, 0.1) is 5.82 Å². The summed E-state index contributed by atoms with van der Waals surface area (Å²) in [5.41, 5.74) is 1.55. The van der Waals surface area contributed by atoms with Crippen molar-refractivity contribution in [3.63, 3.8) is 0 Å². The highest BCUT2D eigenvalue weighted by molar-refractivity contribution is 7.90. The van der Waals surface area contributed by atoms with E-state index in [4.69, 9.17) is 23.2 Å². The molecule has 44 heavy (non-hydrogen) atoms. The molecule has 0 aromatic heterocycles. The van der Waals surface area contributed by atoms with Crippen LogP contribution in [0.15, 0.2) is 72.8 Å². The second kappa shape index (κ2) is 15.2. The summed E-state index contributed by atoms with van der Waals surface area (Å²) in [5, 5.41) is 3.78. The second-order valence-corrected chi connectivity index (χ2v) is 14.0. The van der Waals surface area contributed by atoms with Gasteiger partial charge >= 0.3 is 10.2 Å². The lowest BCUT2D eigenvalue weighted by molar-refractivity contribution is -0.140. The van der Waals surface area contributed by atoms with E-state index in [-0.39, 0.29) is 35.6 Å². The first kappa shape index (κ1) is 33.7. The summed E-state index contributed by atoms with van der Waals surface area (Å²) in [4.78, 5) is 29.8. The van der Waals surface area contributed by atoms with E-state index in [9.17, 15) is 22.4 Å². The van der Waals surface area contributed by atoms with Crippen molar-refractivity contribution in [3.05, 3.63) is 99.8 Å². The molecule has 236 valence electrons. The molecule has 0 aliphatic heterocycles. The third-order valence-corrected chi connectivity index (χ3v) is 10.3. The lowest BCUT2D eigenvalue weighted by Crippen LogP contribution is -2.55. The Kier molecular flexibility index (Phi) is 11.6. The maximum absolute atomic E-state index is 14.3. The third-order valence-electron chi connectivity index (χ3n) is 7.69. The number of nitrogens with one attached hydrogen (secondary N) is 1. The zero-order valence-electron chi connectivity index (χ0n) is 24.8. The van der Waals surface area contributed by atoms with Gasteiger partial charge in [0.25, 0.3) is 0 Å². The molecule has 0 spiro atoms. The minimum absolute atomic E-state index is 0.0127. The molecule has 12 heteroatoms. The van der Waals surface area contributed by atoms with Crippen LogP contribution in [0.25, 0.3) is 0 Å². The van der Waals surface area contributed by atoms with Crippen molar-refractivity contribution < 1.29 is 22.4 Å².